The molecule has 0 aromatic heterocycles. The molecule has 1 aromatic carbocycles. The Balaban J connectivity index is 2.99. The average molecular weight is 168 g/mol. The minimum absolute atomic E-state index is 0.572. The van der Waals surface area contributed by atoms with Gasteiger partial charge in [0.05, 0.1) is 0 Å². The fourth-order valence-electron chi connectivity index (χ4n) is 0.743. The number of benzene rings is 1. The Morgan fingerprint density at radius 1 is 1.00 bits per heavy atom. The first-order valence-electron chi connectivity index (χ1n) is 3.14. The molecule has 1 rings (SSSR count). The van der Waals surface area contributed by atoms with Crippen LogP contribution in [0, 0.1) is 0 Å². The van der Waals surface area contributed by atoms with E-state index in [1.54, 1.807) is 0 Å². The van der Waals surface area contributed by atoms with Crippen molar-refractivity contribution in [1.82, 2.24) is 0 Å². The van der Waals surface area contributed by atoms with Gasteiger partial charge in [0.25, 0.3) is 0 Å². The monoisotopic (exact) mass is 168 g/mol. The van der Waals surface area contributed by atoms with Crippen LogP contribution in [0.4, 0.5) is 13.2 Å². The molecule has 0 nitrogen and oxygen atoms in total. The summed E-state index contributed by atoms with van der Waals surface area (Å²) in [5.41, 5.74) is -0.572. The molecule has 0 saturated heterocycles. The van der Waals surface area contributed by atoms with Crippen LogP contribution in [0.1, 0.15) is 5.56 Å². The van der Waals surface area contributed by atoms with Gasteiger partial charge in [0, 0.05) is 0 Å². The van der Waals surface area contributed by atoms with E-state index >= 15 is 0 Å². The van der Waals surface area contributed by atoms with Gasteiger partial charge in [0.1, 0.15) is 0 Å². The summed E-state index contributed by atoms with van der Waals surface area (Å²) >= 11 is 0.791. The zero-order valence-corrected chi connectivity index (χ0v) is 7.94. The third-order valence-corrected chi connectivity index (χ3v) is 2.05. The molecule has 54 valence electrons. The third-order valence-electron chi connectivity index (χ3n) is 1.38. The van der Waals surface area contributed by atoms with E-state index in [0.717, 1.165) is 42.9 Å². The predicted octanol–water partition coefficient (Wildman–Crippen LogP) is 1.50. The molecule has 1 aromatic rings. The van der Waals surface area contributed by atoms with E-state index in [4.69, 9.17) is 0 Å². The molecule has 0 heterocycles. The molecule has 0 bridgehead atoms. The molecule has 4 heteroatoms. The van der Waals surface area contributed by atoms with E-state index in [0.29, 0.717) is 0 Å². The van der Waals surface area contributed by atoms with Crippen molar-refractivity contribution in [2.75, 3.05) is 0 Å². The molecule has 0 unspecified atom stereocenters. The van der Waals surface area contributed by atoms with Crippen molar-refractivity contribution >= 4 is 30.7 Å². The first-order valence-corrected chi connectivity index (χ1v) is 4.14. The first-order chi connectivity index (χ1) is 5.00. The van der Waals surface area contributed by atoms with Gasteiger partial charge in [-0.2, -0.15) is 0 Å². The molecule has 0 fully saturated rings. The molecule has 0 radical (unpaired) electrons. The van der Waals surface area contributed by atoms with Gasteiger partial charge in [-0.25, -0.2) is 0 Å². The molecular formula is C7H4F3Na. The second-order valence-electron chi connectivity index (χ2n) is 2.36. The Labute approximate surface area is 79.8 Å². The van der Waals surface area contributed by atoms with Crippen molar-refractivity contribution in [1.29, 1.82) is 0 Å². The Morgan fingerprint density at radius 3 is 1.82 bits per heavy atom. The summed E-state index contributed by atoms with van der Waals surface area (Å²) in [6, 6.07) is 5.24. The number of rotatable bonds is 0. The Kier molecular flexibility index (Phi) is 2.62. The van der Waals surface area contributed by atoms with Crippen molar-refractivity contribution in [3.63, 3.8) is 0 Å². The van der Waals surface area contributed by atoms with Crippen LogP contribution in [-0.4, -0.2) is 27.9 Å². The van der Waals surface area contributed by atoms with Crippen molar-refractivity contribution in [2.24, 2.45) is 0 Å². The average Bonchev–Trinajstić information content (AvgIpc) is 1.86. The molecule has 0 N–H and O–H groups in total. The van der Waals surface area contributed by atoms with Gasteiger partial charge in [-0.15, -0.1) is 0 Å². The quantitative estimate of drug-likeness (QED) is 0.515. The van der Waals surface area contributed by atoms with E-state index in [-0.39, 0.29) is 0 Å². The molecule has 11 heavy (non-hydrogen) atoms. The predicted molar refractivity (Wildman–Crippen MR) is 36.8 cm³/mol. The van der Waals surface area contributed by atoms with Crippen LogP contribution >= 0.6 is 0 Å². The minimum atomic E-state index is -4.20. The summed E-state index contributed by atoms with van der Waals surface area (Å²) in [7, 11) is 0. The molecule has 0 aliphatic heterocycles. The summed E-state index contributed by atoms with van der Waals surface area (Å²) in [5, 5.41) is 0. The van der Waals surface area contributed by atoms with Crippen molar-refractivity contribution in [3.8, 4) is 0 Å². The van der Waals surface area contributed by atoms with Crippen LogP contribution < -0.4 is 2.81 Å². The van der Waals surface area contributed by atoms with Gasteiger partial charge >= 0.3 is 79.9 Å². The fourth-order valence-corrected chi connectivity index (χ4v) is 1.08. The fraction of sp³-hybridized carbons (Fsp3) is 0.143. The maximum atomic E-state index is 11.9. The van der Waals surface area contributed by atoms with Crippen molar-refractivity contribution < 1.29 is 13.2 Å². The van der Waals surface area contributed by atoms with E-state index in [9.17, 15) is 13.2 Å². The molecule has 0 amide bonds. The standard InChI is InChI=1S/C7H4F3.Na/c8-7(9,10)6-4-2-1-3-5-6;/h2-5H;. The molecule has 0 aliphatic carbocycles. The summed E-state index contributed by atoms with van der Waals surface area (Å²) < 4.78 is 36.8. The second kappa shape index (κ2) is 3.17. The van der Waals surface area contributed by atoms with Gasteiger partial charge < -0.3 is 0 Å². The number of hydrogen-bond acceptors (Lipinski definition) is 0. The summed E-state index contributed by atoms with van der Waals surface area (Å²) in [5.74, 6) is 0. The number of halogens is 3. The van der Waals surface area contributed by atoms with E-state index in [1.165, 1.54) is 12.1 Å². The van der Waals surface area contributed by atoms with Crippen LogP contribution in [0.5, 0.6) is 0 Å². The van der Waals surface area contributed by atoms with Gasteiger partial charge in [0.2, 0.25) is 0 Å². The molecular weight excluding hydrogens is 164 g/mol. The Hall–Kier alpha value is 0.01000. The van der Waals surface area contributed by atoms with E-state index in [1.807, 2.05) is 0 Å². The molecule has 0 aliphatic rings. The SMILES string of the molecule is FC(F)(F)c1cc[c]([Na])cc1. The maximum absolute atomic E-state index is 11.9. The summed E-state index contributed by atoms with van der Waals surface area (Å²) in [6.07, 6.45) is -4.20. The van der Waals surface area contributed by atoms with Gasteiger partial charge in [-0.3, -0.25) is 0 Å². The normalized spacial score (nSPS) is 11.7. The molecule has 0 saturated carbocycles. The third kappa shape index (κ3) is 2.51. The number of hydrogen-bond donors (Lipinski definition) is 0. The van der Waals surface area contributed by atoms with Crippen molar-refractivity contribution in [3.05, 3.63) is 29.8 Å². The topological polar surface area (TPSA) is 0 Å². The second-order valence-corrected chi connectivity index (χ2v) is 3.52. The zero-order chi connectivity index (χ0) is 8.48. The first kappa shape index (κ1) is 9.10. The van der Waals surface area contributed by atoms with Crippen molar-refractivity contribution in [2.45, 2.75) is 6.18 Å². The summed E-state index contributed by atoms with van der Waals surface area (Å²) in [4.78, 5) is 0. The van der Waals surface area contributed by atoms with Gasteiger partial charge in [-0.1, -0.05) is 0 Å². The van der Waals surface area contributed by atoms with E-state index < -0.39 is 11.7 Å². The van der Waals surface area contributed by atoms with E-state index in [2.05, 4.69) is 0 Å². The molecule has 0 spiro atoms. The van der Waals surface area contributed by atoms with Crippen LogP contribution in [0.3, 0.4) is 0 Å². The van der Waals surface area contributed by atoms with Crippen LogP contribution in [-0.2, 0) is 6.18 Å². The molecule has 0 atom stereocenters. The zero-order valence-electron chi connectivity index (χ0n) is 5.94. The Bertz CT molecular complexity index is 237. The summed E-state index contributed by atoms with van der Waals surface area (Å²) in [6.45, 7) is 0. The van der Waals surface area contributed by atoms with Crippen LogP contribution in [0.25, 0.3) is 0 Å². The van der Waals surface area contributed by atoms with Crippen LogP contribution in [0.15, 0.2) is 24.3 Å². The number of alkyl halides is 3. The van der Waals surface area contributed by atoms with Crippen LogP contribution in [0.2, 0.25) is 0 Å². The van der Waals surface area contributed by atoms with Gasteiger partial charge in [0.15, 0.2) is 0 Å². The van der Waals surface area contributed by atoms with Gasteiger partial charge in [-0.05, 0) is 0 Å². The Morgan fingerprint density at radius 2 is 1.45 bits per heavy atom.